The summed E-state index contributed by atoms with van der Waals surface area (Å²) < 4.78 is 70.0. The second kappa shape index (κ2) is 9.16. The monoisotopic (exact) mass is 481 g/mol. The van der Waals surface area contributed by atoms with Crippen LogP contribution >= 0.6 is 0 Å². The molecule has 0 radical (unpaired) electrons. The van der Waals surface area contributed by atoms with Gasteiger partial charge >= 0.3 is 6.36 Å². The average Bonchev–Trinajstić information content (AvgIpc) is 3.23. The third-order valence-corrected chi connectivity index (χ3v) is 6.41. The lowest BCUT2D eigenvalue weighted by Crippen LogP contribution is -2.39. The minimum absolute atomic E-state index is 0.157. The molecule has 1 aliphatic rings. The van der Waals surface area contributed by atoms with Crippen LogP contribution in [0.25, 0.3) is 11.3 Å². The van der Waals surface area contributed by atoms with Crippen LogP contribution in [0, 0.1) is 0 Å². The molecule has 0 aliphatic carbocycles. The van der Waals surface area contributed by atoms with E-state index >= 15 is 0 Å². The van der Waals surface area contributed by atoms with Crippen LogP contribution in [-0.2, 0) is 21.1 Å². The van der Waals surface area contributed by atoms with Gasteiger partial charge in [0.25, 0.3) is 0 Å². The van der Waals surface area contributed by atoms with Crippen LogP contribution in [0.4, 0.5) is 13.2 Å². The maximum atomic E-state index is 12.4. The summed E-state index contributed by atoms with van der Waals surface area (Å²) in [7, 11) is -3.25. The second-order valence-electron chi connectivity index (χ2n) is 7.73. The van der Waals surface area contributed by atoms with E-state index in [1.54, 1.807) is 30.5 Å². The molecule has 2 heterocycles. The predicted molar refractivity (Wildman–Crippen MR) is 114 cm³/mol. The number of rotatable bonds is 6. The number of H-pyrrole nitrogens is 1. The molecule has 0 bridgehead atoms. The van der Waals surface area contributed by atoms with Crippen molar-refractivity contribution in [1.82, 2.24) is 14.9 Å². The molecular weight excluding hydrogens is 459 g/mol. The van der Waals surface area contributed by atoms with Crippen molar-refractivity contribution in [3.05, 3.63) is 66.1 Å². The Morgan fingerprint density at radius 2 is 1.85 bits per heavy atom. The number of morpholine rings is 1. The number of benzene rings is 2. The zero-order chi connectivity index (χ0) is 23.6. The Balaban J connectivity index is 1.48. The van der Waals surface area contributed by atoms with Gasteiger partial charge in [-0.1, -0.05) is 12.1 Å². The molecule has 33 heavy (non-hydrogen) atoms. The van der Waals surface area contributed by atoms with Crippen LogP contribution in [-0.4, -0.2) is 55.7 Å². The molecule has 1 unspecified atom stereocenters. The SMILES string of the molecule is CS(=O)(=O)c1ccc(CN2CCOCC2c2ncc(-c3ccc(OC(F)(F)F)cc3)[nH]2)cc1. The summed E-state index contributed by atoms with van der Waals surface area (Å²) in [5.41, 5.74) is 2.29. The van der Waals surface area contributed by atoms with Gasteiger partial charge in [0.05, 0.1) is 36.0 Å². The van der Waals surface area contributed by atoms with Crippen LogP contribution in [0.3, 0.4) is 0 Å². The van der Waals surface area contributed by atoms with E-state index in [9.17, 15) is 21.6 Å². The Hall–Kier alpha value is -2.89. The van der Waals surface area contributed by atoms with Gasteiger partial charge in [0, 0.05) is 19.3 Å². The van der Waals surface area contributed by atoms with Crippen LogP contribution in [0.5, 0.6) is 5.75 Å². The van der Waals surface area contributed by atoms with Gasteiger partial charge in [-0.25, -0.2) is 13.4 Å². The van der Waals surface area contributed by atoms with Crippen LogP contribution in [0.2, 0.25) is 0 Å². The molecule has 1 aliphatic heterocycles. The van der Waals surface area contributed by atoms with Crippen molar-refractivity contribution in [2.24, 2.45) is 0 Å². The molecule has 1 fully saturated rings. The Bertz CT molecular complexity index is 1190. The summed E-state index contributed by atoms with van der Waals surface area (Å²) >= 11 is 0. The quantitative estimate of drug-likeness (QED) is 0.574. The number of nitrogens with one attached hydrogen (secondary N) is 1. The fourth-order valence-corrected chi connectivity index (χ4v) is 4.28. The third-order valence-electron chi connectivity index (χ3n) is 5.29. The average molecular weight is 481 g/mol. The van der Waals surface area contributed by atoms with Crippen LogP contribution in [0.15, 0.2) is 59.6 Å². The number of aromatic nitrogens is 2. The summed E-state index contributed by atoms with van der Waals surface area (Å²) in [6, 6.07) is 12.2. The van der Waals surface area contributed by atoms with E-state index in [0.717, 1.165) is 5.56 Å². The molecule has 1 atom stereocenters. The zero-order valence-electron chi connectivity index (χ0n) is 17.7. The lowest BCUT2D eigenvalue weighted by atomic mass is 10.1. The Morgan fingerprint density at radius 1 is 1.15 bits per heavy atom. The fraction of sp³-hybridized carbons (Fsp3) is 0.318. The third kappa shape index (κ3) is 5.92. The van der Waals surface area contributed by atoms with Gasteiger partial charge in [-0.15, -0.1) is 13.2 Å². The maximum Gasteiger partial charge on any atom is 0.573 e. The normalized spacial score (nSPS) is 17.8. The maximum absolute atomic E-state index is 12.4. The van der Waals surface area contributed by atoms with E-state index in [0.29, 0.717) is 43.4 Å². The molecule has 0 amide bonds. The van der Waals surface area contributed by atoms with E-state index in [4.69, 9.17) is 4.74 Å². The molecule has 176 valence electrons. The Kier molecular flexibility index (Phi) is 6.46. The second-order valence-corrected chi connectivity index (χ2v) is 9.75. The number of ether oxygens (including phenoxy) is 2. The van der Waals surface area contributed by atoms with Gasteiger partial charge in [0.15, 0.2) is 9.84 Å². The van der Waals surface area contributed by atoms with Crippen molar-refractivity contribution in [2.45, 2.75) is 23.8 Å². The molecule has 0 spiro atoms. The molecule has 4 rings (SSSR count). The molecule has 1 N–H and O–H groups in total. The first-order chi connectivity index (χ1) is 15.6. The summed E-state index contributed by atoms with van der Waals surface area (Å²) in [5.74, 6) is 0.382. The summed E-state index contributed by atoms with van der Waals surface area (Å²) in [4.78, 5) is 10.2. The predicted octanol–water partition coefficient (Wildman–Crippen LogP) is 3.95. The molecule has 0 saturated carbocycles. The zero-order valence-corrected chi connectivity index (χ0v) is 18.5. The van der Waals surface area contributed by atoms with E-state index in [2.05, 4.69) is 19.6 Å². The Labute approximate surface area is 189 Å². The number of hydrogen-bond acceptors (Lipinski definition) is 6. The summed E-state index contributed by atoms with van der Waals surface area (Å²) in [6.45, 7) is 2.23. The van der Waals surface area contributed by atoms with Crippen LogP contribution in [0.1, 0.15) is 17.4 Å². The molecule has 11 heteroatoms. The number of imidazole rings is 1. The van der Waals surface area contributed by atoms with E-state index in [1.807, 2.05) is 0 Å². The molecule has 3 aromatic rings. The van der Waals surface area contributed by atoms with Gasteiger partial charge in [-0.3, -0.25) is 4.90 Å². The van der Waals surface area contributed by atoms with Gasteiger partial charge in [-0.2, -0.15) is 0 Å². The number of hydrogen-bond donors (Lipinski definition) is 1. The van der Waals surface area contributed by atoms with Crippen molar-refractivity contribution in [2.75, 3.05) is 26.0 Å². The minimum Gasteiger partial charge on any atom is -0.406 e. The van der Waals surface area contributed by atoms with E-state index in [1.165, 1.54) is 30.5 Å². The van der Waals surface area contributed by atoms with E-state index < -0.39 is 16.2 Å². The van der Waals surface area contributed by atoms with Crippen LogP contribution < -0.4 is 4.74 Å². The number of aromatic amines is 1. The van der Waals surface area contributed by atoms with Crippen molar-refractivity contribution in [1.29, 1.82) is 0 Å². The fourth-order valence-electron chi connectivity index (χ4n) is 3.64. The number of nitrogens with zero attached hydrogens (tertiary/aromatic N) is 2. The Morgan fingerprint density at radius 3 is 2.48 bits per heavy atom. The number of alkyl halides is 3. The van der Waals surface area contributed by atoms with Crippen molar-refractivity contribution in [3.63, 3.8) is 0 Å². The highest BCUT2D eigenvalue weighted by Crippen LogP contribution is 2.29. The highest BCUT2D eigenvalue weighted by Gasteiger charge is 2.31. The lowest BCUT2D eigenvalue weighted by molar-refractivity contribution is -0.274. The molecule has 2 aromatic carbocycles. The van der Waals surface area contributed by atoms with Crippen molar-refractivity contribution < 1.29 is 31.1 Å². The first-order valence-corrected chi connectivity index (χ1v) is 12.0. The minimum atomic E-state index is -4.74. The smallest absolute Gasteiger partial charge is 0.406 e. The van der Waals surface area contributed by atoms with Crippen molar-refractivity contribution in [3.8, 4) is 17.0 Å². The van der Waals surface area contributed by atoms with Gasteiger partial charge < -0.3 is 14.5 Å². The van der Waals surface area contributed by atoms with Crippen molar-refractivity contribution >= 4 is 9.84 Å². The van der Waals surface area contributed by atoms with Gasteiger partial charge in [-0.05, 0) is 47.5 Å². The van der Waals surface area contributed by atoms with E-state index in [-0.39, 0.29) is 16.7 Å². The van der Waals surface area contributed by atoms with Gasteiger partial charge in [0.2, 0.25) is 0 Å². The lowest BCUT2D eigenvalue weighted by Gasteiger charge is -2.34. The standard InChI is InChI=1S/C22H22F3N3O4S/c1-33(29,30)18-8-2-15(3-9-18)13-28-10-11-31-14-20(28)21-26-12-19(27-21)16-4-6-17(7-5-16)32-22(23,24)25/h2-9,12,20H,10-11,13-14H2,1H3,(H,26,27). The summed E-state index contributed by atoms with van der Waals surface area (Å²) in [6.07, 6.45) is -1.94. The molecular formula is C22H22F3N3O4S. The number of sulfone groups is 1. The van der Waals surface area contributed by atoms with Gasteiger partial charge in [0.1, 0.15) is 11.6 Å². The molecule has 7 nitrogen and oxygen atoms in total. The highest BCUT2D eigenvalue weighted by atomic mass is 32.2. The number of halogens is 3. The highest BCUT2D eigenvalue weighted by molar-refractivity contribution is 7.90. The summed E-state index contributed by atoms with van der Waals surface area (Å²) in [5, 5.41) is 0. The largest absolute Gasteiger partial charge is 0.573 e. The first-order valence-electron chi connectivity index (χ1n) is 10.1. The first kappa shape index (κ1) is 23.3. The topological polar surface area (TPSA) is 84.5 Å². The molecule has 1 saturated heterocycles. The molecule has 1 aromatic heterocycles.